The first-order valence-electron chi connectivity index (χ1n) is 6.35. The van der Waals surface area contributed by atoms with Gasteiger partial charge < -0.3 is 15.8 Å². The maximum atomic E-state index is 12.1. The van der Waals surface area contributed by atoms with Crippen molar-refractivity contribution in [2.75, 3.05) is 11.1 Å². The largest absolute Gasteiger partial charge is 0.491 e. The second kappa shape index (κ2) is 6.06. The lowest BCUT2D eigenvalue weighted by atomic mass is 10.2. The first kappa shape index (κ1) is 13.9. The molecule has 104 valence electrons. The van der Waals surface area contributed by atoms with Gasteiger partial charge in [0.05, 0.1) is 11.8 Å². The summed E-state index contributed by atoms with van der Waals surface area (Å²) in [7, 11) is 0. The average Bonchev–Trinajstić information content (AvgIpc) is 2.41. The van der Waals surface area contributed by atoms with Crippen LogP contribution in [0.2, 0.25) is 0 Å². The fraction of sp³-hybridized carbons (Fsp3) is 0.200. The molecule has 5 nitrogen and oxygen atoms in total. The standard InChI is InChI=1S/C15H17N3O2/c1-10(2)20-12-6-3-5-11(9-12)15(19)18-14-13(16)7-4-8-17-14/h3-10H,16H2,1-2H3,(H,17,18,19). The second-order valence-corrected chi connectivity index (χ2v) is 4.59. The van der Waals surface area contributed by atoms with Gasteiger partial charge in [-0.15, -0.1) is 0 Å². The third-order valence-corrected chi connectivity index (χ3v) is 2.54. The van der Waals surface area contributed by atoms with Crippen molar-refractivity contribution in [1.29, 1.82) is 0 Å². The first-order valence-corrected chi connectivity index (χ1v) is 6.35. The molecule has 0 aliphatic carbocycles. The van der Waals surface area contributed by atoms with E-state index in [-0.39, 0.29) is 12.0 Å². The zero-order chi connectivity index (χ0) is 14.5. The van der Waals surface area contributed by atoms with Gasteiger partial charge in [-0.3, -0.25) is 4.79 Å². The Hall–Kier alpha value is -2.56. The van der Waals surface area contributed by atoms with Crippen molar-refractivity contribution in [2.24, 2.45) is 0 Å². The maximum absolute atomic E-state index is 12.1. The third kappa shape index (κ3) is 3.47. The molecule has 0 bridgehead atoms. The van der Waals surface area contributed by atoms with E-state index in [2.05, 4.69) is 10.3 Å². The summed E-state index contributed by atoms with van der Waals surface area (Å²) in [5.74, 6) is 0.735. The van der Waals surface area contributed by atoms with E-state index in [0.29, 0.717) is 22.8 Å². The van der Waals surface area contributed by atoms with Crippen LogP contribution in [0, 0.1) is 0 Å². The summed E-state index contributed by atoms with van der Waals surface area (Å²) in [4.78, 5) is 16.2. The van der Waals surface area contributed by atoms with Gasteiger partial charge in [0.15, 0.2) is 5.82 Å². The highest BCUT2D eigenvalue weighted by Gasteiger charge is 2.10. The molecule has 2 rings (SSSR count). The predicted octanol–water partition coefficient (Wildman–Crippen LogP) is 2.70. The number of carbonyl (C=O) groups is 1. The number of aromatic nitrogens is 1. The minimum Gasteiger partial charge on any atom is -0.491 e. The average molecular weight is 271 g/mol. The number of ether oxygens (including phenoxy) is 1. The number of amides is 1. The lowest BCUT2D eigenvalue weighted by molar-refractivity contribution is 0.102. The summed E-state index contributed by atoms with van der Waals surface area (Å²) >= 11 is 0. The van der Waals surface area contributed by atoms with E-state index in [1.807, 2.05) is 19.9 Å². The smallest absolute Gasteiger partial charge is 0.257 e. The van der Waals surface area contributed by atoms with Gasteiger partial charge in [-0.05, 0) is 44.2 Å². The molecule has 0 aliphatic heterocycles. The van der Waals surface area contributed by atoms with Gasteiger partial charge in [-0.1, -0.05) is 6.07 Å². The second-order valence-electron chi connectivity index (χ2n) is 4.59. The van der Waals surface area contributed by atoms with Crippen molar-refractivity contribution in [1.82, 2.24) is 4.98 Å². The number of nitrogen functional groups attached to an aromatic ring is 1. The molecule has 0 saturated heterocycles. The van der Waals surface area contributed by atoms with E-state index < -0.39 is 0 Å². The van der Waals surface area contributed by atoms with E-state index in [4.69, 9.17) is 10.5 Å². The van der Waals surface area contributed by atoms with Gasteiger partial charge in [-0.25, -0.2) is 4.98 Å². The number of carbonyl (C=O) groups excluding carboxylic acids is 1. The molecule has 1 heterocycles. The van der Waals surface area contributed by atoms with E-state index in [1.54, 1.807) is 36.5 Å². The first-order chi connectivity index (χ1) is 9.56. The van der Waals surface area contributed by atoms with Crippen LogP contribution in [-0.4, -0.2) is 17.0 Å². The highest BCUT2D eigenvalue weighted by molar-refractivity contribution is 6.05. The van der Waals surface area contributed by atoms with Gasteiger partial charge in [0.1, 0.15) is 5.75 Å². The number of anilines is 2. The Morgan fingerprint density at radius 1 is 1.30 bits per heavy atom. The highest BCUT2D eigenvalue weighted by atomic mass is 16.5. The number of pyridine rings is 1. The van der Waals surface area contributed by atoms with Crippen LogP contribution >= 0.6 is 0 Å². The molecule has 0 atom stereocenters. The van der Waals surface area contributed by atoms with Crippen molar-refractivity contribution < 1.29 is 9.53 Å². The monoisotopic (exact) mass is 271 g/mol. The molecule has 0 aliphatic rings. The predicted molar refractivity (Wildman–Crippen MR) is 78.8 cm³/mol. The van der Waals surface area contributed by atoms with Gasteiger partial charge in [0.25, 0.3) is 5.91 Å². The van der Waals surface area contributed by atoms with Crippen LogP contribution in [0.3, 0.4) is 0 Å². The van der Waals surface area contributed by atoms with Gasteiger partial charge in [-0.2, -0.15) is 0 Å². The minimum absolute atomic E-state index is 0.0553. The van der Waals surface area contributed by atoms with E-state index in [9.17, 15) is 4.79 Å². The lowest BCUT2D eigenvalue weighted by Crippen LogP contribution is -2.14. The van der Waals surface area contributed by atoms with Gasteiger partial charge in [0.2, 0.25) is 0 Å². The summed E-state index contributed by atoms with van der Waals surface area (Å²) in [6, 6.07) is 10.4. The molecule has 1 amide bonds. The normalized spacial score (nSPS) is 10.3. The van der Waals surface area contributed by atoms with Crippen molar-refractivity contribution in [3.8, 4) is 5.75 Å². The minimum atomic E-state index is -0.274. The molecule has 2 aromatic rings. The summed E-state index contributed by atoms with van der Waals surface area (Å²) in [6.07, 6.45) is 1.63. The van der Waals surface area contributed by atoms with E-state index >= 15 is 0 Å². The molecule has 1 aromatic carbocycles. The number of hydrogen-bond donors (Lipinski definition) is 2. The zero-order valence-corrected chi connectivity index (χ0v) is 11.5. The third-order valence-electron chi connectivity index (χ3n) is 2.54. The maximum Gasteiger partial charge on any atom is 0.257 e. The van der Waals surface area contributed by atoms with Crippen LogP contribution in [0.1, 0.15) is 24.2 Å². The van der Waals surface area contributed by atoms with Crippen LogP contribution in [-0.2, 0) is 0 Å². The van der Waals surface area contributed by atoms with Crippen molar-refractivity contribution in [2.45, 2.75) is 20.0 Å². The van der Waals surface area contributed by atoms with Crippen LogP contribution < -0.4 is 15.8 Å². The summed E-state index contributed by atoms with van der Waals surface area (Å²) < 4.78 is 5.56. The molecule has 0 saturated carbocycles. The summed E-state index contributed by atoms with van der Waals surface area (Å²) in [6.45, 7) is 3.86. The molecule has 0 unspecified atom stereocenters. The molecular weight excluding hydrogens is 254 g/mol. The zero-order valence-electron chi connectivity index (χ0n) is 11.5. The number of benzene rings is 1. The van der Waals surface area contributed by atoms with Crippen LogP contribution in [0.15, 0.2) is 42.6 Å². The number of rotatable bonds is 4. The van der Waals surface area contributed by atoms with Gasteiger partial charge in [0, 0.05) is 11.8 Å². The fourth-order valence-corrected chi connectivity index (χ4v) is 1.68. The SMILES string of the molecule is CC(C)Oc1cccc(C(=O)Nc2ncccc2N)c1. The summed E-state index contributed by atoms with van der Waals surface area (Å²) in [5, 5.41) is 2.68. The molecule has 0 spiro atoms. The number of nitrogens with one attached hydrogen (secondary N) is 1. The Kier molecular flexibility index (Phi) is 4.20. The van der Waals surface area contributed by atoms with Crippen LogP contribution in [0.4, 0.5) is 11.5 Å². The Morgan fingerprint density at radius 3 is 2.80 bits per heavy atom. The Morgan fingerprint density at radius 2 is 2.10 bits per heavy atom. The molecule has 20 heavy (non-hydrogen) atoms. The Balaban J connectivity index is 2.15. The number of hydrogen-bond acceptors (Lipinski definition) is 4. The quantitative estimate of drug-likeness (QED) is 0.896. The molecule has 0 fully saturated rings. The molecule has 3 N–H and O–H groups in total. The Labute approximate surface area is 117 Å². The molecule has 1 aromatic heterocycles. The van der Waals surface area contributed by atoms with Crippen molar-refractivity contribution >= 4 is 17.4 Å². The topological polar surface area (TPSA) is 77.2 Å². The highest BCUT2D eigenvalue weighted by Crippen LogP contribution is 2.18. The summed E-state index contributed by atoms with van der Waals surface area (Å²) in [5.41, 5.74) is 6.66. The van der Waals surface area contributed by atoms with Crippen LogP contribution in [0.5, 0.6) is 5.75 Å². The van der Waals surface area contributed by atoms with Crippen molar-refractivity contribution in [3.05, 3.63) is 48.2 Å². The van der Waals surface area contributed by atoms with E-state index in [1.165, 1.54) is 0 Å². The van der Waals surface area contributed by atoms with E-state index in [0.717, 1.165) is 0 Å². The molecular formula is C15H17N3O2. The van der Waals surface area contributed by atoms with Gasteiger partial charge >= 0.3 is 0 Å². The number of nitrogens with two attached hydrogens (primary N) is 1. The number of nitrogens with zero attached hydrogens (tertiary/aromatic N) is 1. The lowest BCUT2D eigenvalue weighted by Gasteiger charge is -2.11. The Bertz CT molecular complexity index is 612. The molecule has 0 radical (unpaired) electrons. The van der Waals surface area contributed by atoms with Crippen LogP contribution in [0.25, 0.3) is 0 Å². The van der Waals surface area contributed by atoms with Crippen molar-refractivity contribution in [3.63, 3.8) is 0 Å². The fourth-order valence-electron chi connectivity index (χ4n) is 1.68. The molecule has 5 heteroatoms.